The van der Waals surface area contributed by atoms with E-state index in [0.717, 1.165) is 23.8 Å². The summed E-state index contributed by atoms with van der Waals surface area (Å²) in [5, 5.41) is 9.48. The smallest absolute Gasteiger partial charge is 0.291 e. The van der Waals surface area contributed by atoms with E-state index in [9.17, 15) is 4.79 Å². The summed E-state index contributed by atoms with van der Waals surface area (Å²) in [5.74, 6) is 1.36. The Bertz CT molecular complexity index is 712. The van der Waals surface area contributed by atoms with Crippen LogP contribution in [0.3, 0.4) is 0 Å². The lowest BCUT2D eigenvalue weighted by molar-refractivity contribution is 0.0996. The van der Waals surface area contributed by atoms with Crippen LogP contribution in [0.15, 0.2) is 52.1 Å². The third kappa shape index (κ3) is 7.62. The topological polar surface area (TPSA) is 78.7 Å². The fraction of sp³-hybridized carbons (Fsp3) is 0.400. The molecule has 148 valence electrons. The lowest BCUT2D eigenvalue weighted by Gasteiger charge is -2.20. The van der Waals surface area contributed by atoms with Crippen LogP contribution >= 0.6 is 24.0 Å². The van der Waals surface area contributed by atoms with Crippen LogP contribution < -0.4 is 16.0 Å². The van der Waals surface area contributed by atoms with Gasteiger partial charge in [-0.25, -0.2) is 4.99 Å². The molecule has 0 bridgehead atoms. The van der Waals surface area contributed by atoms with E-state index in [1.54, 1.807) is 12.1 Å². The minimum Gasteiger partial charge on any atom is -0.459 e. The van der Waals surface area contributed by atoms with Crippen LogP contribution in [0.5, 0.6) is 0 Å². The quantitative estimate of drug-likeness (QED) is 0.312. The summed E-state index contributed by atoms with van der Waals surface area (Å²) in [4.78, 5) is 16.6. The van der Waals surface area contributed by atoms with Gasteiger partial charge in [0.05, 0.1) is 12.8 Å². The zero-order valence-corrected chi connectivity index (χ0v) is 18.6. The van der Waals surface area contributed by atoms with Crippen LogP contribution in [0.2, 0.25) is 0 Å². The Labute approximate surface area is 178 Å². The van der Waals surface area contributed by atoms with Gasteiger partial charge in [0.15, 0.2) is 11.7 Å². The maximum Gasteiger partial charge on any atom is 0.291 e. The molecular weight excluding hydrogens is 455 g/mol. The first-order chi connectivity index (χ1) is 12.5. The first kappa shape index (κ1) is 23.0. The fourth-order valence-electron chi connectivity index (χ4n) is 2.17. The molecule has 1 unspecified atom stereocenters. The normalized spacial score (nSPS) is 12.3. The van der Waals surface area contributed by atoms with Gasteiger partial charge in [0.1, 0.15) is 0 Å². The highest BCUT2D eigenvalue weighted by Crippen LogP contribution is 2.12. The van der Waals surface area contributed by atoms with E-state index >= 15 is 0 Å². The van der Waals surface area contributed by atoms with Crippen molar-refractivity contribution in [3.05, 3.63) is 54.0 Å². The number of carbonyl (C=O) groups is 1. The molecule has 0 fully saturated rings. The average molecular weight is 484 g/mol. The van der Waals surface area contributed by atoms with E-state index in [2.05, 4.69) is 41.7 Å². The van der Waals surface area contributed by atoms with Crippen LogP contribution in [-0.2, 0) is 6.54 Å². The summed E-state index contributed by atoms with van der Waals surface area (Å²) in [6.45, 7) is 9.93. The summed E-state index contributed by atoms with van der Waals surface area (Å²) >= 11 is 0. The van der Waals surface area contributed by atoms with Crippen molar-refractivity contribution >= 4 is 41.5 Å². The number of aliphatic imine (C=N–C) groups is 1. The summed E-state index contributed by atoms with van der Waals surface area (Å²) in [5.41, 5.74) is 1.79. The van der Waals surface area contributed by atoms with Gasteiger partial charge in [-0.05, 0) is 49.6 Å². The van der Waals surface area contributed by atoms with Gasteiger partial charge in [0.25, 0.3) is 5.91 Å². The van der Waals surface area contributed by atoms with Gasteiger partial charge in [-0.3, -0.25) is 4.79 Å². The van der Waals surface area contributed by atoms with Gasteiger partial charge < -0.3 is 20.4 Å². The highest BCUT2D eigenvalue weighted by atomic mass is 127. The number of hydrogen-bond acceptors (Lipinski definition) is 3. The van der Waals surface area contributed by atoms with Crippen LogP contribution in [0.1, 0.15) is 43.8 Å². The number of furan rings is 1. The molecule has 1 atom stereocenters. The molecular formula is C20H29IN4O2. The standard InChI is InChI=1S/C20H28N4O2.HI/c1-5-21-20(23-15(4)14(2)3)22-13-16-8-10-17(11-9-16)24-19(25)18-7-6-12-26-18;/h6-12,14-15H,5,13H2,1-4H3,(H,24,25)(H2,21,22,23);1H. The second-order valence-electron chi connectivity index (χ2n) is 6.50. The van der Waals surface area contributed by atoms with Crippen molar-refractivity contribution in [2.24, 2.45) is 10.9 Å². The van der Waals surface area contributed by atoms with Crippen LogP contribution in [0, 0.1) is 5.92 Å². The number of halogens is 1. The highest BCUT2D eigenvalue weighted by Gasteiger charge is 2.09. The predicted octanol–water partition coefficient (Wildman–Crippen LogP) is 4.25. The van der Waals surface area contributed by atoms with E-state index in [0.29, 0.717) is 24.3 Å². The number of benzene rings is 1. The molecule has 1 heterocycles. The number of amides is 1. The molecule has 1 amide bonds. The lowest BCUT2D eigenvalue weighted by atomic mass is 10.1. The fourth-order valence-corrected chi connectivity index (χ4v) is 2.17. The molecule has 0 radical (unpaired) electrons. The van der Waals surface area contributed by atoms with Crippen molar-refractivity contribution in [2.45, 2.75) is 40.3 Å². The Morgan fingerprint density at radius 1 is 1.15 bits per heavy atom. The Balaban J connectivity index is 0.00000364. The molecule has 0 aliphatic carbocycles. The third-order valence-corrected chi connectivity index (χ3v) is 4.09. The molecule has 0 aliphatic rings. The number of guanidine groups is 1. The van der Waals surface area contributed by atoms with Gasteiger partial charge in [-0.2, -0.15) is 0 Å². The molecule has 2 rings (SSSR count). The number of rotatable bonds is 7. The first-order valence-corrected chi connectivity index (χ1v) is 8.98. The maximum absolute atomic E-state index is 12.0. The second-order valence-corrected chi connectivity index (χ2v) is 6.50. The SMILES string of the molecule is CCNC(=NCc1ccc(NC(=O)c2ccco2)cc1)NC(C)C(C)C.I. The van der Waals surface area contributed by atoms with Crippen LogP contribution in [0.25, 0.3) is 0 Å². The number of nitrogens with one attached hydrogen (secondary N) is 3. The lowest BCUT2D eigenvalue weighted by Crippen LogP contribution is -2.44. The zero-order valence-electron chi connectivity index (χ0n) is 16.3. The molecule has 0 aliphatic heterocycles. The van der Waals surface area contributed by atoms with Crippen molar-refractivity contribution in [1.29, 1.82) is 0 Å². The third-order valence-electron chi connectivity index (χ3n) is 4.09. The number of hydrogen-bond donors (Lipinski definition) is 3. The second kappa shape index (κ2) is 11.6. The van der Waals surface area contributed by atoms with Gasteiger partial charge >= 0.3 is 0 Å². The van der Waals surface area contributed by atoms with E-state index in [1.165, 1.54) is 6.26 Å². The molecule has 3 N–H and O–H groups in total. The molecule has 1 aromatic heterocycles. The minimum atomic E-state index is -0.262. The van der Waals surface area contributed by atoms with Crippen LogP contribution in [0.4, 0.5) is 5.69 Å². The van der Waals surface area contributed by atoms with Crippen molar-refractivity contribution in [2.75, 3.05) is 11.9 Å². The minimum absolute atomic E-state index is 0. The van der Waals surface area contributed by atoms with E-state index in [-0.39, 0.29) is 29.9 Å². The molecule has 6 nitrogen and oxygen atoms in total. The predicted molar refractivity (Wildman–Crippen MR) is 121 cm³/mol. The van der Waals surface area contributed by atoms with Crippen molar-refractivity contribution in [3.8, 4) is 0 Å². The maximum atomic E-state index is 12.0. The monoisotopic (exact) mass is 484 g/mol. The van der Waals surface area contributed by atoms with Crippen molar-refractivity contribution in [1.82, 2.24) is 10.6 Å². The summed E-state index contributed by atoms with van der Waals surface area (Å²) in [6.07, 6.45) is 1.48. The molecule has 27 heavy (non-hydrogen) atoms. The molecule has 1 aromatic carbocycles. The Kier molecular flexibility index (Phi) is 9.92. The van der Waals surface area contributed by atoms with Gasteiger partial charge in [0.2, 0.25) is 0 Å². The van der Waals surface area contributed by atoms with Gasteiger partial charge in [-0.1, -0.05) is 26.0 Å². The van der Waals surface area contributed by atoms with E-state index in [1.807, 2.05) is 31.2 Å². The summed E-state index contributed by atoms with van der Waals surface area (Å²) in [7, 11) is 0. The number of anilines is 1. The average Bonchev–Trinajstić information content (AvgIpc) is 3.15. The van der Waals surface area contributed by atoms with Crippen molar-refractivity contribution in [3.63, 3.8) is 0 Å². The van der Waals surface area contributed by atoms with Crippen LogP contribution in [-0.4, -0.2) is 24.5 Å². The van der Waals surface area contributed by atoms with Crippen molar-refractivity contribution < 1.29 is 9.21 Å². The van der Waals surface area contributed by atoms with E-state index in [4.69, 9.17) is 4.42 Å². The molecule has 0 spiro atoms. The summed E-state index contributed by atoms with van der Waals surface area (Å²) in [6, 6.07) is 11.3. The Morgan fingerprint density at radius 2 is 1.85 bits per heavy atom. The largest absolute Gasteiger partial charge is 0.459 e. The van der Waals surface area contributed by atoms with E-state index < -0.39 is 0 Å². The summed E-state index contributed by atoms with van der Waals surface area (Å²) < 4.78 is 5.08. The number of nitrogens with zero attached hydrogens (tertiary/aromatic N) is 1. The molecule has 7 heteroatoms. The number of carbonyl (C=O) groups excluding carboxylic acids is 1. The van der Waals surface area contributed by atoms with Gasteiger partial charge in [0, 0.05) is 18.3 Å². The Morgan fingerprint density at radius 3 is 2.41 bits per heavy atom. The first-order valence-electron chi connectivity index (χ1n) is 8.98. The molecule has 2 aromatic rings. The molecule has 0 saturated carbocycles. The molecule has 0 saturated heterocycles. The Hall–Kier alpha value is -2.03. The highest BCUT2D eigenvalue weighted by molar-refractivity contribution is 14.0. The zero-order chi connectivity index (χ0) is 18.9. The van der Waals surface area contributed by atoms with Gasteiger partial charge in [-0.15, -0.1) is 24.0 Å².